The van der Waals surface area contributed by atoms with Crippen LogP contribution in [0.2, 0.25) is 5.02 Å². The van der Waals surface area contributed by atoms with Crippen LogP contribution in [0.4, 0.5) is 5.69 Å². The minimum absolute atomic E-state index is 0.0537. The highest BCUT2D eigenvalue weighted by molar-refractivity contribution is 6.30. The second-order valence-electron chi connectivity index (χ2n) is 8.65. The second-order valence-corrected chi connectivity index (χ2v) is 9.09. The first-order valence-electron chi connectivity index (χ1n) is 10.5. The molecular weight excluding hydrogens is 396 g/mol. The maximum absolute atomic E-state index is 12.5. The van der Waals surface area contributed by atoms with Crippen molar-refractivity contribution in [3.05, 3.63) is 64.7 Å². The highest BCUT2D eigenvalue weighted by Crippen LogP contribution is 2.42. The largest absolute Gasteiger partial charge is 0.343 e. The zero-order valence-corrected chi connectivity index (χ0v) is 18.5. The number of halogens is 1. The van der Waals surface area contributed by atoms with Gasteiger partial charge in [-0.15, -0.1) is 0 Å². The fraction of sp³-hybridized carbons (Fsp3) is 0.417. The number of likely N-dealkylation sites (N-methyl/N-ethyl adjacent to an activating group) is 1. The number of fused-ring (bicyclic) bond motifs is 1. The van der Waals surface area contributed by atoms with Gasteiger partial charge in [0.1, 0.15) is 5.84 Å². The number of piperidine rings is 1. The molecule has 0 aliphatic carbocycles. The molecule has 0 bridgehead atoms. The molecule has 1 fully saturated rings. The van der Waals surface area contributed by atoms with E-state index in [9.17, 15) is 4.79 Å². The molecule has 1 saturated heterocycles. The van der Waals surface area contributed by atoms with E-state index in [4.69, 9.17) is 16.6 Å². The number of para-hydroxylation sites is 1. The molecule has 6 heteroatoms. The molecule has 2 aromatic carbocycles. The minimum atomic E-state index is -0.0537. The summed E-state index contributed by atoms with van der Waals surface area (Å²) in [7, 11) is 3.87. The van der Waals surface area contributed by atoms with Crippen LogP contribution >= 0.6 is 11.6 Å². The number of anilines is 1. The third-order valence-corrected chi connectivity index (χ3v) is 6.37. The number of nitrogens with one attached hydrogen (secondary N) is 1. The van der Waals surface area contributed by atoms with E-state index in [1.807, 2.05) is 42.1 Å². The Morgan fingerprint density at radius 1 is 1.17 bits per heavy atom. The summed E-state index contributed by atoms with van der Waals surface area (Å²) < 4.78 is 0. The molecule has 2 aromatic rings. The number of hydrogen-bond donors (Lipinski definition) is 1. The number of benzene rings is 2. The maximum Gasteiger partial charge on any atom is 0.236 e. The number of rotatable bonds is 4. The Labute approximate surface area is 183 Å². The summed E-state index contributed by atoms with van der Waals surface area (Å²) in [6.07, 6.45) is 2.80. The van der Waals surface area contributed by atoms with Crippen LogP contribution in [-0.4, -0.2) is 55.3 Å². The fourth-order valence-electron chi connectivity index (χ4n) is 4.49. The van der Waals surface area contributed by atoms with E-state index >= 15 is 0 Å². The van der Waals surface area contributed by atoms with E-state index in [-0.39, 0.29) is 11.3 Å². The fourth-order valence-corrected chi connectivity index (χ4v) is 4.70. The van der Waals surface area contributed by atoms with Gasteiger partial charge >= 0.3 is 0 Å². The number of amides is 1. The number of carbonyl (C=O) groups is 1. The molecule has 0 unspecified atom stereocenters. The molecule has 0 atom stereocenters. The van der Waals surface area contributed by atoms with Gasteiger partial charge in [-0.1, -0.05) is 41.9 Å². The number of hydrogen-bond acceptors (Lipinski definition) is 3. The molecule has 2 heterocycles. The predicted molar refractivity (Wildman–Crippen MR) is 123 cm³/mol. The summed E-state index contributed by atoms with van der Waals surface area (Å²) in [6.45, 7) is 2.60. The topological polar surface area (TPSA) is 47.9 Å². The lowest BCUT2D eigenvalue weighted by Gasteiger charge is -2.45. The standard InChI is InChI=1S/C24H29ClN4O/c1-28(2)17-22(30)29-12-10-24(11-13-29)15-19-7-3-4-9-21(19)27-23(24)26-16-18-6-5-8-20(25)14-18/h3-9,14H,10-13,15-17H2,1-2H3,(H,26,27). The van der Waals surface area contributed by atoms with Gasteiger partial charge in [-0.25, -0.2) is 0 Å². The average Bonchev–Trinajstić information content (AvgIpc) is 2.72. The van der Waals surface area contributed by atoms with E-state index in [2.05, 4.69) is 35.6 Å². The summed E-state index contributed by atoms with van der Waals surface area (Å²) >= 11 is 6.15. The van der Waals surface area contributed by atoms with Crippen LogP contribution in [-0.2, 0) is 17.8 Å². The van der Waals surface area contributed by atoms with Gasteiger partial charge < -0.3 is 15.1 Å². The molecule has 158 valence electrons. The van der Waals surface area contributed by atoms with Crippen molar-refractivity contribution in [1.29, 1.82) is 0 Å². The molecule has 1 N–H and O–H groups in total. The highest BCUT2D eigenvalue weighted by Gasteiger charge is 2.43. The molecule has 1 amide bonds. The summed E-state index contributed by atoms with van der Waals surface area (Å²) in [4.78, 5) is 21.5. The van der Waals surface area contributed by atoms with Crippen molar-refractivity contribution in [2.75, 3.05) is 39.0 Å². The second kappa shape index (κ2) is 8.78. The van der Waals surface area contributed by atoms with Crippen LogP contribution in [0.15, 0.2) is 53.5 Å². The van der Waals surface area contributed by atoms with E-state index in [0.29, 0.717) is 13.1 Å². The number of amidine groups is 1. The van der Waals surface area contributed by atoms with Crippen LogP contribution in [0.5, 0.6) is 0 Å². The number of aliphatic imine (C=N–C) groups is 1. The number of likely N-dealkylation sites (tertiary alicyclic amines) is 1. The van der Waals surface area contributed by atoms with Gasteiger partial charge in [-0.2, -0.15) is 0 Å². The normalized spacial score (nSPS) is 19.1. The van der Waals surface area contributed by atoms with E-state index in [0.717, 1.165) is 54.5 Å². The monoisotopic (exact) mass is 424 g/mol. The van der Waals surface area contributed by atoms with Gasteiger partial charge in [-0.3, -0.25) is 9.79 Å². The van der Waals surface area contributed by atoms with Crippen LogP contribution in [0.3, 0.4) is 0 Å². The Balaban J connectivity index is 1.57. The van der Waals surface area contributed by atoms with Crippen molar-refractivity contribution in [2.24, 2.45) is 10.4 Å². The van der Waals surface area contributed by atoms with Crippen LogP contribution < -0.4 is 5.32 Å². The summed E-state index contributed by atoms with van der Waals surface area (Å²) in [5.74, 6) is 1.25. The molecule has 30 heavy (non-hydrogen) atoms. The van der Waals surface area contributed by atoms with Crippen molar-refractivity contribution in [3.8, 4) is 0 Å². The predicted octanol–water partition coefficient (Wildman–Crippen LogP) is 4.08. The van der Waals surface area contributed by atoms with E-state index in [1.54, 1.807) is 0 Å². The molecule has 2 aliphatic rings. The van der Waals surface area contributed by atoms with Crippen molar-refractivity contribution in [3.63, 3.8) is 0 Å². The lowest BCUT2D eigenvalue weighted by atomic mass is 9.70. The molecule has 5 nitrogen and oxygen atoms in total. The zero-order valence-electron chi connectivity index (χ0n) is 17.7. The van der Waals surface area contributed by atoms with Crippen LogP contribution in [0, 0.1) is 5.41 Å². The molecule has 2 aliphatic heterocycles. The van der Waals surface area contributed by atoms with Gasteiger partial charge in [0.2, 0.25) is 5.91 Å². The maximum atomic E-state index is 12.5. The smallest absolute Gasteiger partial charge is 0.236 e. The van der Waals surface area contributed by atoms with Gasteiger partial charge in [0.15, 0.2) is 0 Å². The molecule has 0 saturated carbocycles. The summed E-state index contributed by atoms with van der Waals surface area (Å²) in [5.41, 5.74) is 3.51. The Morgan fingerprint density at radius 3 is 2.67 bits per heavy atom. The minimum Gasteiger partial charge on any atom is -0.343 e. The quantitative estimate of drug-likeness (QED) is 0.804. The van der Waals surface area contributed by atoms with Crippen LogP contribution in [0.25, 0.3) is 0 Å². The van der Waals surface area contributed by atoms with Gasteiger partial charge in [0.05, 0.1) is 13.1 Å². The third kappa shape index (κ3) is 4.52. The van der Waals surface area contributed by atoms with Gasteiger partial charge in [-0.05, 0) is 62.7 Å². The van der Waals surface area contributed by atoms with Gasteiger partial charge in [0, 0.05) is 29.2 Å². The Bertz CT molecular complexity index is 948. The van der Waals surface area contributed by atoms with E-state index < -0.39 is 0 Å². The van der Waals surface area contributed by atoms with Crippen LogP contribution in [0.1, 0.15) is 24.0 Å². The van der Waals surface area contributed by atoms with Crippen molar-refractivity contribution in [2.45, 2.75) is 25.8 Å². The average molecular weight is 425 g/mol. The Hall–Kier alpha value is -2.37. The third-order valence-electron chi connectivity index (χ3n) is 6.14. The highest BCUT2D eigenvalue weighted by atomic mass is 35.5. The molecule has 1 spiro atoms. The van der Waals surface area contributed by atoms with E-state index in [1.165, 1.54) is 5.56 Å². The van der Waals surface area contributed by atoms with Gasteiger partial charge in [0.25, 0.3) is 0 Å². The van der Waals surface area contributed by atoms with Crippen molar-refractivity contribution in [1.82, 2.24) is 9.80 Å². The summed E-state index contributed by atoms with van der Waals surface area (Å²) in [5, 5.41) is 4.36. The molecule has 4 rings (SSSR count). The summed E-state index contributed by atoms with van der Waals surface area (Å²) in [6, 6.07) is 16.3. The first kappa shape index (κ1) is 20.9. The molecule has 0 radical (unpaired) electrons. The first-order valence-corrected chi connectivity index (χ1v) is 10.9. The van der Waals surface area contributed by atoms with Crippen molar-refractivity contribution < 1.29 is 4.79 Å². The Morgan fingerprint density at radius 2 is 1.93 bits per heavy atom. The number of carbonyl (C=O) groups excluding carboxylic acids is 1. The lowest BCUT2D eigenvalue weighted by molar-refractivity contribution is -0.133. The number of nitrogens with zero attached hydrogens (tertiary/aromatic N) is 3. The molecule has 0 aromatic heterocycles. The zero-order chi connectivity index (χ0) is 21.1. The first-order chi connectivity index (χ1) is 14.4. The lowest BCUT2D eigenvalue weighted by Crippen LogP contribution is -2.52. The Kier molecular flexibility index (Phi) is 6.11. The molecular formula is C24H29ClN4O. The SMILES string of the molecule is CN(C)CC(=O)N1CCC2(CC1)Cc1ccccc1NC2=NCc1cccc(Cl)c1. The van der Waals surface area contributed by atoms with Crippen molar-refractivity contribution >= 4 is 29.0 Å².